The molecule has 1 rings (SSSR count). The van der Waals surface area contributed by atoms with Gasteiger partial charge in [-0.15, -0.1) is 0 Å². The predicted octanol–water partition coefficient (Wildman–Crippen LogP) is 1.72. The summed E-state index contributed by atoms with van der Waals surface area (Å²) in [6.45, 7) is 1.58. The minimum atomic E-state index is -0.333. The smallest absolute Gasteiger partial charge is 0.250 e. The van der Waals surface area contributed by atoms with Crippen LogP contribution in [0.1, 0.15) is 5.56 Å². The van der Waals surface area contributed by atoms with Crippen LogP contribution < -0.4 is 5.32 Å². The highest BCUT2D eigenvalue weighted by Gasteiger charge is 2.06. The number of halogens is 1. The molecule has 4 heteroatoms. The van der Waals surface area contributed by atoms with E-state index < -0.39 is 0 Å². The Balaban J connectivity index is 2.76. The number of anilines is 1. The van der Waals surface area contributed by atoms with Crippen LogP contribution in [0.2, 0.25) is 0 Å². The largest absolute Gasteiger partial charge is 0.375 e. The van der Waals surface area contributed by atoms with Crippen LogP contribution in [0.15, 0.2) is 18.2 Å². The Bertz CT molecular complexity index is 339. The first-order chi connectivity index (χ1) is 6.65. The quantitative estimate of drug-likeness (QED) is 0.801. The van der Waals surface area contributed by atoms with Gasteiger partial charge in [-0.05, 0) is 19.1 Å². The maximum atomic E-state index is 13.0. The maximum Gasteiger partial charge on any atom is 0.250 e. The molecule has 76 valence electrons. The summed E-state index contributed by atoms with van der Waals surface area (Å²) < 4.78 is 17.7. The first-order valence-electron chi connectivity index (χ1n) is 4.19. The van der Waals surface area contributed by atoms with Crippen molar-refractivity contribution in [2.45, 2.75) is 6.92 Å². The molecule has 1 amide bonds. The van der Waals surface area contributed by atoms with Crippen LogP contribution in [0.4, 0.5) is 10.1 Å². The van der Waals surface area contributed by atoms with Crippen molar-refractivity contribution in [3.05, 3.63) is 29.6 Å². The number of hydrogen-bond acceptors (Lipinski definition) is 2. The van der Waals surface area contributed by atoms with Gasteiger partial charge in [0.1, 0.15) is 12.4 Å². The molecule has 1 aromatic carbocycles. The van der Waals surface area contributed by atoms with E-state index in [4.69, 9.17) is 0 Å². The number of amides is 1. The average molecular weight is 197 g/mol. The van der Waals surface area contributed by atoms with Crippen LogP contribution in [-0.4, -0.2) is 19.6 Å². The lowest BCUT2D eigenvalue weighted by Gasteiger charge is -2.07. The summed E-state index contributed by atoms with van der Waals surface area (Å²) in [4.78, 5) is 11.1. The summed E-state index contributed by atoms with van der Waals surface area (Å²) in [6.07, 6.45) is 0. The van der Waals surface area contributed by atoms with E-state index in [9.17, 15) is 9.18 Å². The zero-order valence-electron chi connectivity index (χ0n) is 8.13. The van der Waals surface area contributed by atoms with Crippen molar-refractivity contribution in [1.82, 2.24) is 0 Å². The second-order valence-corrected chi connectivity index (χ2v) is 2.89. The Kier molecular flexibility index (Phi) is 3.59. The van der Waals surface area contributed by atoms with E-state index in [0.717, 1.165) is 0 Å². The van der Waals surface area contributed by atoms with Gasteiger partial charge in [-0.1, -0.05) is 6.07 Å². The molecule has 0 spiro atoms. The summed E-state index contributed by atoms with van der Waals surface area (Å²) in [5.74, 6) is -0.624. The zero-order valence-corrected chi connectivity index (χ0v) is 8.13. The molecule has 0 saturated heterocycles. The molecule has 0 heterocycles. The molecular weight excluding hydrogens is 185 g/mol. The van der Waals surface area contributed by atoms with Gasteiger partial charge in [0, 0.05) is 18.4 Å². The molecule has 0 aliphatic carbocycles. The average Bonchev–Trinajstić information content (AvgIpc) is 2.13. The van der Waals surface area contributed by atoms with Crippen LogP contribution in [0.5, 0.6) is 0 Å². The number of ether oxygens (including phenoxy) is 1. The molecule has 1 aromatic rings. The first-order valence-corrected chi connectivity index (χ1v) is 4.19. The van der Waals surface area contributed by atoms with E-state index >= 15 is 0 Å². The number of methoxy groups -OCH3 is 1. The molecule has 14 heavy (non-hydrogen) atoms. The van der Waals surface area contributed by atoms with E-state index in [0.29, 0.717) is 11.3 Å². The molecule has 0 aliphatic heterocycles. The van der Waals surface area contributed by atoms with Crippen LogP contribution in [-0.2, 0) is 9.53 Å². The fourth-order valence-corrected chi connectivity index (χ4v) is 1.06. The Morgan fingerprint density at radius 3 is 2.93 bits per heavy atom. The lowest BCUT2D eigenvalue weighted by molar-refractivity contribution is -0.119. The number of rotatable bonds is 3. The van der Waals surface area contributed by atoms with Crippen LogP contribution in [0.25, 0.3) is 0 Å². The Hall–Kier alpha value is -1.42. The van der Waals surface area contributed by atoms with Crippen LogP contribution in [0, 0.1) is 12.7 Å². The van der Waals surface area contributed by atoms with Gasteiger partial charge >= 0.3 is 0 Å². The van der Waals surface area contributed by atoms with Gasteiger partial charge in [-0.3, -0.25) is 4.79 Å². The van der Waals surface area contributed by atoms with Crippen molar-refractivity contribution in [3.8, 4) is 0 Å². The van der Waals surface area contributed by atoms with Gasteiger partial charge in [0.05, 0.1) is 0 Å². The molecule has 0 fully saturated rings. The standard InChI is InChI=1S/C10H12FNO2/c1-7-8(11)4-3-5-9(7)12-10(13)6-14-2/h3-5H,6H2,1-2H3,(H,12,13). The van der Waals surface area contributed by atoms with Gasteiger partial charge < -0.3 is 10.1 Å². The number of carbonyl (C=O) groups is 1. The highest BCUT2D eigenvalue weighted by Crippen LogP contribution is 2.16. The lowest BCUT2D eigenvalue weighted by atomic mass is 10.2. The highest BCUT2D eigenvalue weighted by molar-refractivity contribution is 5.92. The van der Waals surface area contributed by atoms with Crippen molar-refractivity contribution in [1.29, 1.82) is 0 Å². The molecule has 0 atom stereocenters. The lowest BCUT2D eigenvalue weighted by Crippen LogP contribution is -2.17. The van der Waals surface area contributed by atoms with Gasteiger partial charge in [0.25, 0.3) is 0 Å². The van der Waals surface area contributed by atoms with E-state index in [1.807, 2.05) is 0 Å². The summed E-state index contributed by atoms with van der Waals surface area (Å²) >= 11 is 0. The fraction of sp³-hybridized carbons (Fsp3) is 0.300. The topological polar surface area (TPSA) is 38.3 Å². The van der Waals surface area contributed by atoms with E-state index in [1.54, 1.807) is 19.1 Å². The minimum absolute atomic E-state index is 0.0318. The number of hydrogen-bond donors (Lipinski definition) is 1. The fourth-order valence-electron chi connectivity index (χ4n) is 1.06. The van der Waals surface area contributed by atoms with Crippen LogP contribution in [0.3, 0.4) is 0 Å². The predicted molar refractivity (Wildman–Crippen MR) is 51.6 cm³/mol. The summed E-state index contributed by atoms with van der Waals surface area (Å²) in [6, 6.07) is 4.54. The van der Waals surface area contributed by atoms with Crippen molar-refractivity contribution in [2.24, 2.45) is 0 Å². The van der Waals surface area contributed by atoms with Crippen molar-refractivity contribution in [2.75, 3.05) is 19.0 Å². The summed E-state index contributed by atoms with van der Waals surface area (Å²) in [7, 11) is 1.43. The first kappa shape index (κ1) is 10.7. The highest BCUT2D eigenvalue weighted by atomic mass is 19.1. The number of benzene rings is 1. The van der Waals surface area contributed by atoms with Gasteiger partial charge in [-0.25, -0.2) is 4.39 Å². The third-order valence-electron chi connectivity index (χ3n) is 1.82. The third kappa shape index (κ3) is 2.53. The van der Waals surface area contributed by atoms with E-state index in [-0.39, 0.29) is 18.3 Å². The van der Waals surface area contributed by atoms with Crippen LogP contribution >= 0.6 is 0 Å². The maximum absolute atomic E-state index is 13.0. The molecule has 1 N–H and O–H groups in total. The molecular formula is C10H12FNO2. The molecule has 0 aromatic heterocycles. The zero-order chi connectivity index (χ0) is 10.6. The molecule has 0 saturated carbocycles. The van der Waals surface area contributed by atoms with Crippen molar-refractivity contribution in [3.63, 3.8) is 0 Å². The minimum Gasteiger partial charge on any atom is -0.375 e. The third-order valence-corrected chi connectivity index (χ3v) is 1.82. The Labute approximate surface area is 81.9 Å². The van der Waals surface area contributed by atoms with Gasteiger partial charge in [0.15, 0.2) is 0 Å². The Morgan fingerprint density at radius 2 is 2.29 bits per heavy atom. The molecule has 0 bridgehead atoms. The summed E-state index contributed by atoms with van der Waals surface area (Å²) in [5, 5.41) is 2.55. The van der Waals surface area contributed by atoms with Crippen molar-refractivity contribution < 1.29 is 13.9 Å². The summed E-state index contributed by atoms with van der Waals surface area (Å²) in [5.41, 5.74) is 0.906. The number of nitrogens with one attached hydrogen (secondary N) is 1. The van der Waals surface area contributed by atoms with Crippen molar-refractivity contribution >= 4 is 11.6 Å². The number of carbonyl (C=O) groups excluding carboxylic acids is 1. The molecule has 0 aliphatic rings. The van der Waals surface area contributed by atoms with Gasteiger partial charge in [-0.2, -0.15) is 0 Å². The normalized spacial score (nSPS) is 9.93. The van der Waals surface area contributed by atoms with E-state index in [2.05, 4.69) is 10.1 Å². The second-order valence-electron chi connectivity index (χ2n) is 2.89. The Morgan fingerprint density at radius 1 is 1.57 bits per heavy atom. The van der Waals surface area contributed by atoms with E-state index in [1.165, 1.54) is 13.2 Å². The molecule has 3 nitrogen and oxygen atoms in total. The second kappa shape index (κ2) is 4.72. The van der Waals surface area contributed by atoms with Gasteiger partial charge in [0.2, 0.25) is 5.91 Å². The molecule has 0 unspecified atom stereocenters. The monoisotopic (exact) mass is 197 g/mol. The molecule has 0 radical (unpaired) electrons. The SMILES string of the molecule is COCC(=O)Nc1cccc(F)c1C.